The van der Waals surface area contributed by atoms with E-state index in [-0.39, 0.29) is 58.3 Å². The second-order valence-corrected chi connectivity index (χ2v) is 10.5. The van der Waals surface area contributed by atoms with E-state index in [2.05, 4.69) is 17.4 Å². The molecule has 10 nitrogen and oxygen atoms in total. The summed E-state index contributed by atoms with van der Waals surface area (Å²) in [6, 6.07) is 21.5. The Morgan fingerprint density at radius 3 is 2.38 bits per heavy atom. The van der Waals surface area contributed by atoms with Crippen molar-refractivity contribution in [1.82, 2.24) is 0 Å². The molecule has 1 N–H and O–H groups in total. The average molecular weight is 540 g/mol. The molecule has 6 rings (SSSR count). The van der Waals surface area contributed by atoms with E-state index in [1.807, 2.05) is 18.2 Å². The van der Waals surface area contributed by atoms with E-state index in [1.54, 1.807) is 0 Å². The van der Waals surface area contributed by atoms with Crippen LogP contribution in [-0.4, -0.2) is 35.2 Å². The number of non-ortho nitro benzene ring substituents is 1. The van der Waals surface area contributed by atoms with Crippen molar-refractivity contribution in [3.8, 4) is 0 Å². The number of anilines is 2. The van der Waals surface area contributed by atoms with Crippen LogP contribution in [0.4, 0.5) is 17.1 Å². The van der Waals surface area contributed by atoms with Gasteiger partial charge in [-0.1, -0.05) is 36.4 Å². The lowest BCUT2D eigenvalue weighted by atomic mass is 9.73. The van der Waals surface area contributed by atoms with Crippen LogP contribution in [0.1, 0.15) is 34.7 Å². The Hall–Kier alpha value is -4.86. The van der Waals surface area contributed by atoms with E-state index < -0.39 is 23.4 Å². The molecule has 1 aliphatic heterocycles. The summed E-state index contributed by atoms with van der Waals surface area (Å²) in [7, 11) is 0. The molecular formula is C30H25N3O7. The molecule has 2 aliphatic carbocycles. The Morgan fingerprint density at radius 1 is 0.925 bits per heavy atom. The summed E-state index contributed by atoms with van der Waals surface area (Å²) >= 11 is 0. The number of fused-ring (bicyclic) bond motifs is 5. The van der Waals surface area contributed by atoms with Gasteiger partial charge in [0, 0.05) is 17.8 Å². The molecule has 5 atom stereocenters. The Kier molecular flexibility index (Phi) is 6.37. The van der Waals surface area contributed by atoms with Gasteiger partial charge in [-0.3, -0.25) is 29.4 Å². The number of hydrogen-bond acceptors (Lipinski definition) is 7. The van der Waals surface area contributed by atoms with Crippen molar-refractivity contribution in [1.29, 1.82) is 0 Å². The normalized spacial score (nSPS) is 24.6. The van der Waals surface area contributed by atoms with Crippen LogP contribution >= 0.6 is 0 Å². The summed E-state index contributed by atoms with van der Waals surface area (Å²) in [5, 5.41) is 13.3. The van der Waals surface area contributed by atoms with Crippen molar-refractivity contribution in [2.75, 3.05) is 16.8 Å². The maximum atomic E-state index is 13.5. The number of nitro groups is 1. The number of imide groups is 1. The lowest BCUT2D eigenvalue weighted by Gasteiger charge is -2.28. The van der Waals surface area contributed by atoms with Crippen LogP contribution in [0.15, 0.2) is 78.9 Å². The summed E-state index contributed by atoms with van der Waals surface area (Å²) in [4.78, 5) is 63.1. The first-order valence-corrected chi connectivity index (χ1v) is 13.1. The Labute approximate surface area is 229 Å². The molecule has 3 fully saturated rings. The summed E-state index contributed by atoms with van der Waals surface area (Å²) in [5.74, 6) is -1.81. The second kappa shape index (κ2) is 10.0. The van der Waals surface area contributed by atoms with Gasteiger partial charge in [0.05, 0.1) is 28.0 Å². The second-order valence-electron chi connectivity index (χ2n) is 10.5. The largest absolute Gasteiger partial charge is 0.452 e. The minimum atomic E-state index is -0.763. The minimum absolute atomic E-state index is 0.140. The predicted octanol–water partition coefficient (Wildman–Crippen LogP) is 4.32. The van der Waals surface area contributed by atoms with Crippen molar-refractivity contribution >= 4 is 40.8 Å². The number of benzene rings is 3. The topological polar surface area (TPSA) is 136 Å². The number of nitrogens with zero attached hydrogens (tertiary/aromatic N) is 2. The van der Waals surface area contributed by atoms with Crippen LogP contribution < -0.4 is 10.2 Å². The van der Waals surface area contributed by atoms with Crippen LogP contribution in [0.25, 0.3) is 0 Å². The third-order valence-corrected chi connectivity index (χ3v) is 8.28. The number of nitrogens with one attached hydrogen (secondary N) is 1. The predicted molar refractivity (Wildman–Crippen MR) is 143 cm³/mol. The molecule has 1 saturated heterocycles. The molecule has 3 aliphatic rings. The summed E-state index contributed by atoms with van der Waals surface area (Å²) in [6.45, 7) is -0.596. The summed E-state index contributed by atoms with van der Waals surface area (Å²) in [6.07, 6.45) is 1.79. The Balaban J connectivity index is 1.09. The van der Waals surface area contributed by atoms with Gasteiger partial charge in [0.25, 0.3) is 11.6 Å². The number of carbonyl (C=O) groups excluding carboxylic acids is 4. The van der Waals surface area contributed by atoms with Crippen molar-refractivity contribution in [3.63, 3.8) is 0 Å². The third kappa shape index (κ3) is 4.41. The van der Waals surface area contributed by atoms with Gasteiger partial charge in [0.2, 0.25) is 11.8 Å². The van der Waals surface area contributed by atoms with Gasteiger partial charge >= 0.3 is 5.97 Å². The SMILES string of the molecule is O=C(COC(=O)c1ccc(N2C(=O)[C@@H]3[C@@H]4C[C@@H]([C@@H]3C2=O)[C@H](c2ccccc2)C4)cc1)Nc1cccc([N+](=O)[O-])c1. The molecule has 2 saturated carbocycles. The minimum Gasteiger partial charge on any atom is -0.452 e. The first-order chi connectivity index (χ1) is 19.3. The molecular weight excluding hydrogens is 514 g/mol. The molecule has 40 heavy (non-hydrogen) atoms. The van der Waals surface area contributed by atoms with Gasteiger partial charge in [-0.25, -0.2) is 4.79 Å². The molecule has 0 radical (unpaired) electrons. The standard InChI is InChI=1S/C30H25N3O7/c34-25(31-20-7-4-8-22(15-20)33(38)39)16-40-30(37)18-9-11-21(12-10-18)32-28(35)26-19-13-23(17-5-2-1-3-6-17)24(14-19)27(26)29(32)36/h1-12,15,19,23-24,26-27H,13-14,16H2,(H,31,34)/t19-,23-,24+,26+,27-/m0/s1. The molecule has 0 unspecified atom stereocenters. The van der Waals surface area contributed by atoms with Gasteiger partial charge in [0.1, 0.15) is 0 Å². The van der Waals surface area contributed by atoms with E-state index >= 15 is 0 Å². The van der Waals surface area contributed by atoms with E-state index in [4.69, 9.17) is 4.74 Å². The number of hydrogen-bond donors (Lipinski definition) is 1. The highest BCUT2D eigenvalue weighted by Gasteiger charge is 2.64. The zero-order valence-corrected chi connectivity index (χ0v) is 21.3. The zero-order chi connectivity index (χ0) is 28.0. The Bertz CT molecular complexity index is 1520. The molecule has 0 spiro atoms. The molecule has 3 aromatic rings. The molecule has 3 amide bonds. The highest BCUT2D eigenvalue weighted by atomic mass is 16.6. The first kappa shape index (κ1) is 25.4. The van der Waals surface area contributed by atoms with Gasteiger partial charge in [-0.2, -0.15) is 0 Å². The molecule has 2 bridgehead atoms. The Morgan fingerprint density at radius 2 is 1.65 bits per heavy atom. The van der Waals surface area contributed by atoms with Crippen molar-refractivity contribution in [2.45, 2.75) is 18.8 Å². The maximum Gasteiger partial charge on any atom is 0.338 e. The van der Waals surface area contributed by atoms with E-state index in [1.165, 1.54) is 59.0 Å². The fourth-order valence-electron chi connectivity index (χ4n) is 6.65. The van der Waals surface area contributed by atoms with Crippen LogP contribution in [0.5, 0.6) is 0 Å². The highest BCUT2D eigenvalue weighted by Crippen LogP contribution is 2.61. The summed E-state index contributed by atoms with van der Waals surface area (Å²) in [5.41, 5.74) is 1.79. The van der Waals surface area contributed by atoms with Crippen LogP contribution in [-0.2, 0) is 19.1 Å². The average Bonchev–Trinajstić information content (AvgIpc) is 3.63. The number of nitro benzene ring substituents is 1. The maximum absolute atomic E-state index is 13.5. The highest BCUT2D eigenvalue weighted by molar-refractivity contribution is 6.22. The fourth-order valence-corrected chi connectivity index (χ4v) is 6.65. The van der Waals surface area contributed by atoms with Crippen LogP contribution in [0.2, 0.25) is 0 Å². The van der Waals surface area contributed by atoms with Crippen molar-refractivity contribution < 1.29 is 28.8 Å². The zero-order valence-electron chi connectivity index (χ0n) is 21.3. The van der Waals surface area contributed by atoms with E-state index in [9.17, 15) is 29.3 Å². The lowest BCUT2D eigenvalue weighted by molar-refractivity contribution is -0.384. The molecule has 1 heterocycles. The number of ether oxygens (including phenoxy) is 1. The number of amides is 3. The lowest BCUT2D eigenvalue weighted by Crippen LogP contribution is -2.33. The van der Waals surface area contributed by atoms with Gasteiger partial charge < -0.3 is 10.1 Å². The third-order valence-electron chi connectivity index (χ3n) is 8.28. The number of carbonyl (C=O) groups is 4. The van der Waals surface area contributed by atoms with Crippen molar-refractivity contribution in [3.05, 3.63) is 100 Å². The molecule has 202 valence electrons. The fraction of sp³-hybridized carbons (Fsp3) is 0.267. The first-order valence-electron chi connectivity index (χ1n) is 13.1. The summed E-state index contributed by atoms with van der Waals surface area (Å²) < 4.78 is 5.07. The molecule has 3 aromatic carbocycles. The number of esters is 1. The molecule has 10 heteroatoms. The smallest absolute Gasteiger partial charge is 0.338 e. The monoisotopic (exact) mass is 539 g/mol. The van der Waals surface area contributed by atoms with E-state index in [0.29, 0.717) is 5.69 Å². The quantitative estimate of drug-likeness (QED) is 0.204. The van der Waals surface area contributed by atoms with Crippen LogP contribution in [0, 0.1) is 33.8 Å². The molecule has 0 aromatic heterocycles. The van der Waals surface area contributed by atoms with Gasteiger partial charge in [-0.05, 0) is 66.5 Å². The van der Waals surface area contributed by atoms with Gasteiger partial charge in [0.15, 0.2) is 6.61 Å². The van der Waals surface area contributed by atoms with Crippen LogP contribution in [0.3, 0.4) is 0 Å². The van der Waals surface area contributed by atoms with Crippen molar-refractivity contribution in [2.24, 2.45) is 23.7 Å². The van der Waals surface area contributed by atoms with Gasteiger partial charge in [-0.15, -0.1) is 0 Å². The number of rotatable bonds is 7. The van der Waals surface area contributed by atoms with E-state index in [0.717, 1.165) is 12.8 Å².